The quantitative estimate of drug-likeness (QED) is 0.452. The van der Waals surface area contributed by atoms with Crippen LogP contribution < -0.4 is 0 Å². The Balaban J connectivity index is 0. The highest BCUT2D eigenvalue weighted by Crippen LogP contribution is 1.84. The van der Waals surface area contributed by atoms with E-state index < -0.39 is 0 Å². The molecule has 2 nitrogen and oxygen atoms in total. The maximum Gasteiger partial charge on any atom is 0.154 e. The number of aldehydes is 1. The number of Topliss-reactive ketones (excluding diaryl/α,β-unsaturated/α-hetero) is 1. The van der Waals surface area contributed by atoms with Crippen LogP contribution in [0.1, 0.15) is 27.7 Å². The molecule has 0 aliphatic rings. The molecule has 0 heterocycles. The summed E-state index contributed by atoms with van der Waals surface area (Å²) in [4.78, 5) is 19.5. The van der Waals surface area contributed by atoms with Gasteiger partial charge in [0.2, 0.25) is 0 Å². The molecule has 0 aliphatic carbocycles. The first-order valence-electron chi connectivity index (χ1n) is 3.53. The molecule has 0 saturated heterocycles. The molecule has 0 unspecified atom stereocenters. The zero-order chi connectivity index (χ0) is 9.44. The molecule has 0 spiro atoms. The highest BCUT2D eigenvalue weighted by Gasteiger charge is 1.85. The fourth-order valence-electron chi connectivity index (χ4n) is 0. The van der Waals surface area contributed by atoms with Crippen LogP contribution in [-0.4, -0.2) is 12.1 Å². The van der Waals surface area contributed by atoms with E-state index in [2.05, 4.69) is 6.58 Å². The van der Waals surface area contributed by atoms with Crippen molar-refractivity contribution in [2.45, 2.75) is 27.7 Å². The first-order chi connectivity index (χ1) is 4.91. The van der Waals surface area contributed by atoms with Crippen LogP contribution in [0, 0.1) is 5.92 Å². The molecule has 0 rings (SSSR count). The van der Waals surface area contributed by atoms with E-state index in [1.807, 2.05) is 13.8 Å². The molecule has 0 saturated carbocycles. The summed E-state index contributed by atoms with van der Waals surface area (Å²) in [5.41, 5.74) is 0.620. The molecule has 0 atom stereocenters. The van der Waals surface area contributed by atoms with Gasteiger partial charge in [0, 0.05) is 5.92 Å². The van der Waals surface area contributed by atoms with Gasteiger partial charge >= 0.3 is 0 Å². The van der Waals surface area contributed by atoms with E-state index >= 15 is 0 Å². The maximum atomic E-state index is 10.0. The van der Waals surface area contributed by atoms with Crippen LogP contribution in [0.4, 0.5) is 0 Å². The third-order valence-electron chi connectivity index (χ3n) is 0.873. The molecular weight excluding hydrogens is 140 g/mol. The minimum Gasteiger partial charge on any atom is -0.303 e. The van der Waals surface area contributed by atoms with Crippen LogP contribution in [0.5, 0.6) is 0 Å². The Labute approximate surface area is 68.3 Å². The lowest BCUT2D eigenvalue weighted by atomic mass is 10.3. The number of hydrogen-bond acceptors (Lipinski definition) is 2. The van der Waals surface area contributed by atoms with Gasteiger partial charge in [-0.3, -0.25) is 4.79 Å². The summed E-state index contributed by atoms with van der Waals surface area (Å²) in [6.45, 7) is 10.3. The van der Waals surface area contributed by atoms with Crippen molar-refractivity contribution in [2.24, 2.45) is 5.92 Å². The zero-order valence-corrected chi connectivity index (χ0v) is 7.68. The van der Waals surface area contributed by atoms with Crippen molar-refractivity contribution in [2.75, 3.05) is 0 Å². The Morgan fingerprint density at radius 3 is 1.55 bits per heavy atom. The molecule has 0 aliphatic heterocycles. The largest absolute Gasteiger partial charge is 0.303 e. The summed E-state index contributed by atoms with van der Waals surface area (Å²) in [7, 11) is 0. The summed E-state index contributed by atoms with van der Waals surface area (Å²) in [5.74, 6) is 0.269. The average molecular weight is 156 g/mol. The second-order valence-corrected chi connectivity index (χ2v) is 2.72. The van der Waals surface area contributed by atoms with E-state index in [-0.39, 0.29) is 11.7 Å². The van der Waals surface area contributed by atoms with Crippen LogP contribution in [0.2, 0.25) is 0 Å². The predicted molar refractivity (Wildman–Crippen MR) is 46.4 cm³/mol. The van der Waals surface area contributed by atoms with E-state index in [1.54, 1.807) is 6.92 Å². The Kier molecular flexibility index (Phi) is 8.32. The van der Waals surface area contributed by atoms with Gasteiger partial charge in [-0.05, 0) is 19.4 Å². The predicted octanol–water partition coefficient (Wildman–Crippen LogP) is 1.99. The Morgan fingerprint density at radius 2 is 1.55 bits per heavy atom. The van der Waals surface area contributed by atoms with Crippen LogP contribution in [0.15, 0.2) is 12.2 Å². The van der Waals surface area contributed by atoms with Gasteiger partial charge in [-0.1, -0.05) is 20.4 Å². The van der Waals surface area contributed by atoms with E-state index in [0.717, 1.165) is 6.29 Å². The van der Waals surface area contributed by atoms with Gasteiger partial charge in [-0.15, -0.1) is 0 Å². The zero-order valence-electron chi connectivity index (χ0n) is 7.68. The summed E-state index contributed by atoms with van der Waals surface area (Å²) in [6.07, 6.45) is 0.917. The molecule has 2 heteroatoms. The van der Waals surface area contributed by atoms with Gasteiger partial charge in [-0.25, -0.2) is 0 Å². The van der Waals surface area contributed by atoms with Crippen molar-refractivity contribution in [1.29, 1.82) is 0 Å². The third kappa shape index (κ3) is 17.6. The monoisotopic (exact) mass is 156 g/mol. The smallest absolute Gasteiger partial charge is 0.154 e. The molecule has 0 amide bonds. The molecule has 0 aromatic heterocycles. The average Bonchev–Trinajstić information content (AvgIpc) is 1.89. The Bertz CT molecular complexity index is 134. The lowest BCUT2D eigenvalue weighted by Gasteiger charge is -1.80. The lowest BCUT2D eigenvalue weighted by Crippen LogP contribution is -1.86. The van der Waals surface area contributed by atoms with Crippen molar-refractivity contribution in [3.8, 4) is 0 Å². The number of rotatable bonds is 2. The van der Waals surface area contributed by atoms with Crippen molar-refractivity contribution in [1.82, 2.24) is 0 Å². The molecule has 0 fully saturated rings. The second kappa shape index (κ2) is 7.19. The Morgan fingerprint density at radius 1 is 1.36 bits per heavy atom. The minimum absolute atomic E-state index is 0.0648. The summed E-state index contributed by atoms with van der Waals surface area (Å²) in [6, 6.07) is 0. The standard InChI is InChI=1S/C5H8O.C4H8O/c1-4(2)5(3)6;1-4(2)3-5/h1H2,2-3H3;3-4H,1-2H3. The van der Waals surface area contributed by atoms with Gasteiger partial charge < -0.3 is 4.79 Å². The first kappa shape index (κ1) is 12.7. The molecule has 0 radical (unpaired) electrons. The van der Waals surface area contributed by atoms with Crippen LogP contribution in [-0.2, 0) is 9.59 Å². The normalized spacial score (nSPS) is 8.09. The van der Waals surface area contributed by atoms with E-state index in [1.165, 1.54) is 6.92 Å². The van der Waals surface area contributed by atoms with Gasteiger partial charge in [0.1, 0.15) is 6.29 Å². The van der Waals surface area contributed by atoms with E-state index in [0.29, 0.717) is 5.57 Å². The summed E-state index contributed by atoms with van der Waals surface area (Å²) in [5, 5.41) is 0. The molecule has 0 N–H and O–H groups in total. The summed E-state index contributed by atoms with van der Waals surface area (Å²) < 4.78 is 0. The fourth-order valence-corrected chi connectivity index (χ4v) is 0. The van der Waals surface area contributed by atoms with Gasteiger partial charge in [-0.2, -0.15) is 0 Å². The summed E-state index contributed by atoms with van der Waals surface area (Å²) >= 11 is 0. The van der Waals surface area contributed by atoms with Crippen molar-refractivity contribution in [3.05, 3.63) is 12.2 Å². The maximum absolute atomic E-state index is 10.0. The van der Waals surface area contributed by atoms with Crippen molar-refractivity contribution in [3.63, 3.8) is 0 Å². The van der Waals surface area contributed by atoms with Crippen molar-refractivity contribution < 1.29 is 9.59 Å². The third-order valence-corrected chi connectivity index (χ3v) is 0.873. The number of carbonyl (C=O) groups excluding carboxylic acids is 2. The van der Waals surface area contributed by atoms with Crippen LogP contribution in [0.25, 0.3) is 0 Å². The second-order valence-electron chi connectivity index (χ2n) is 2.72. The van der Waals surface area contributed by atoms with E-state index in [9.17, 15) is 9.59 Å². The number of carbonyl (C=O) groups is 2. The van der Waals surface area contributed by atoms with Crippen LogP contribution >= 0.6 is 0 Å². The highest BCUT2D eigenvalue weighted by atomic mass is 16.1. The molecular formula is C9H16O2. The van der Waals surface area contributed by atoms with Crippen molar-refractivity contribution >= 4 is 12.1 Å². The van der Waals surface area contributed by atoms with Gasteiger partial charge in [0.05, 0.1) is 0 Å². The molecule has 64 valence electrons. The Hall–Kier alpha value is -0.920. The highest BCUT2D eigenvalue weighted by molar-refractivity contribution is 5.91. The SMILES string of the molecule is C=C(C)C(C)=O.CC(C)C=O. The molecule has 0 aromatic rings. The molecule has 0 bridgehead atoms. The van der Waals surface area contributed by atoms with Crippen LogP contribution in [0.3, 0.4) is 0 Å². The number of allylic oxidation sites excluding steroid dienone is 1. The lowest BCUT2D eigenvalue weighted by molar-refractivity contribution is -0.113. The van der Waals surface area contributed by atoms with E-state index in [4.69, 9.17) is 0 Å². The first-order valence-corrected chi connectivity index (χ1v) is 3.53. The minimum atomic E-state index is 0.0648. The topological polar surface area (TPSA) is 34.1 Å². The van der Waals surface area contributed by atoms with Gasteiger partial charge in [0.15, 0.2) is 5.78 Å². The number of hydrogen-bond donors (Lipinski definition) is 0. The fraction of sp³-hybridized carbons (Fsp3) is 0.556. The molecule has 11 heavy (non-hydrogen) atoms. The molecule has 0 aromatic carbocycles. The number of ketones is 1. The van der Waals surface area contributed by atoms with Gasteiger partial charge in [0.25, 0.3) is 0 Å².